The fourth-order valence-corrected chi connectivity index (χ4v) is 3.26. The summed E-state index contributed by atoms with van der Waals surface area (Å²) in [7, 11) is 1.68. The Balaban J connectivity index is 1.91. The molecule has 2 amide bonds. The van der Waals surface area contributed by atoms with Gasteiger partial charge < -0.3 is 25.4 Å². The second kappa shape index (κ2) is 12.3. The molecule has 0 aliphatic carbocycles. The Morgan fingerprint density at radius 2 is 1.92 bits per heavy atom. The second-order valence-corrected chi connectivity index (χ2v) is 8.33. The normalized spacial score (nSPS) is 13.9. The molecule has 192 valence electrons. The van der Waals surface area contributed by atoms with Crippen LogP contribution in [0.2, 0.25) is 5.02 Å². The summed E-state index contributed by atoms with van der Waals surface area (Å²) in [5, 5.41) is 2.91. The van der Waals surface area contributed by atoms with E-state index in [0.717, 1.165) is 6.42 Å². The fourth-order valence-electron chi connectivity index (χ4n) is 3.06. The van der Waals surface area contributed by atoms with E-state index in [9.17, 15) is 18.4 Å². The number of nitrogens with two attached hydrogens (primary N) is 1. The number of amidine groups is 1. The summed E-state index contributed by atoms with van der Waals surface area (Å²) in [6, 6.07) is 5.35. The van der Waals surface area contributed by atoms with Crippen LogP contribution in [-0.2, 0) is 0 Å². The number of carbonyl (C=O) groups excluding carboxylic acids is 2. The SMILES string of the molecule is CN/C(C)=C\C(N)=NC(=O)c1cc(Oc2ncc(C(=O)N3CCC3)cc2Cl)cc(OC(CF)CF)c1. The summed E-state index contributed by atoms with van der Waals surface area (Å²) in [5.41, 5.74) is 6.77. The lowest BCUT2D eigenvalue weighted by Crippen LogP contribution is -2.42. The van der Waals surface area contributed by atoms with Gasteiger partial charge in [0, 0.05) is 43.7 Å². The second-order valence-electron chi connectivity index (χ2n) is 7.92. The third-order valence-electron chi connectivity index (χ3n) is 5.18. The lowest BCUT2D eigenvalue weighted by Gasteiger charge is -2.30. The van der Waals surface area contributed by atoms with Crippen LogP contribution in [0, 0.1) is 0 Å². The number of allylic oxidation sites excluding steroid dienone is 1. The first kappa shape index (κ1) is 26.9. The fraction of sp³-hybridized carbons (Fsp3) is 0.333. The van der Waals surface area contributed by atoms with Gasteiger partial charge in [0.25, 0.3) is 11.8 Å². The van der Waals surface area contributed by atoms with Crippen LogP contribution in [0.3, 0.4) is 0 Å². The van der Waals surface area contributed by atoms with Gasteiger partial charge in [0.2, 0.25) is 5.88 Å². The van der Waals surface area contributed by atoms with Crippen LogP contribution in [0.25, 0.3) is 0 Å². The number of aromatic nitrogens is 1. The van der Waals surface area contributed by atoms with Crippen LogP contribution in [0.1, 0.15) is 34.1 Å². The zero-order valence-electron chi connectivity index (χ0n) is 19.8. The van der Waals surface area contributed by atoms with Gasteiger partial charge in [-0.05, 0) is 37.6 Å². The van der Waals surface area contributed by atoms with Gasteiger partial charge in [0.05, 0.1) is 5.56 Å². The zero-order chi connectivity index (χ0) is 26.2. The number of aliphatic imine (C=N–C) groups is 1. The van der Waals surface area contributed by atoms with Gasteiger partial charge in [0.15, 0.2) is 6.10 Å². The number of ether oxygens (including phenoxy) is 2. The number of likely N-dealkylation sites (tertiary alicyclic amines) is 1. The van der Waals surface area contributed by atoms with E-state index in [-0.39, 0.29) is 39.7 Å². The van der Waals surface area contributed by atoms with E-state index in [1.54, 1.807) is 18.9 Å². The number of amides is 2. The maximum atomic E-state index is 13.0. The minimum Gasteiger partial charge on any atom is -0.485 e. The van der Waals surface area contributed by atoms with Crippen molar-refractivity contribution in [3.8, 4) is 17.4 Å². The van der Waals surface area contributed by atoms with Gasteiger partial charge >= 0.3 is 0 Å². The third kappa shape index (κ3) is 6.91. The molecular weight excluding hydrogens is 496 g/mol. The van der Waals surface area contributed by atoms with Crippen LogP contribution in [0.5, 0.6) is 17.4 Å². The van der Waals surface area contributed by atoms with Crippen molar-refractivity contribution in [2.75, 3.05) is 33.5 Å². The maximum Gasteiger partial charge on any atom is 0.279 e. The molecule has 0 spiro atoms. The summed E-state index contributed by atoms with van der Waals surface area (Å²) >= 11 is 6.29. The van der Waals surface area contributed by atoms with Gasteiger partial charge in [0.1, 0.15) is 35.7 Å². The highest BCUT2D eigenvalue weighted by Crippen LogP contribution is 2.32. The first-order chi connectivity index (χ1) is 17.2. The molecule has 1 aliphatic rings. The molecule has 1 aromatic carbocycles. The van der Waals surface area contributed by atoms with Gasteiger partial charge in [-0.2, -0.15) is 4.99 Å². The molecule has 1 aromatic heterocycles. The van der Waals surface area contributed by atoms with Crippen molar-refractivity contribution in [2.24, 2.45) is 10.7 Å². The predicted octanol–water partition coefficient (Wildman–Crippen LogP) is 3.68. The maximum absolute atomic E-state index is 13.0. The highest BCUT2D eigenvalue weighted by molar-refractivity contribution is 6.32. The standard InChI is InChI=1S/C24H26ClF2N5O4/c1-14(29-2)6-21(28)31-22(33)15-7-17(35-19(11-26)12-27)10-18(8-15)36-23-20(25)9-16(13-30-23)24(34)32-4-3-5-32/h6-10,13,19,29H,3-5,11-12H2,1-2H3,(H2,28,31,33)/b14-6-. The molecule has 1 aliphatic heterocycles. The molecule has 0 atom stereocenters. The monoisotopic (exact) mass is 521 g/mol. The molecule has 2 aromatic rings. The molecule has 0 unspecified atom stereocenters. The Kier molecular flexibility index (Phi) is 9.18. The van der Waals surface area contributed by atoms with Crippen molar-refractivity contribution >= 4 is 29.3 Å². The smallest absolute Gasteiger partial charge is 0.279 e. The van der Waals surface area contributed by atoms with Crippen LogP contribution in [0.4, 0.5) is 8.78 Å². The lowest BCUT2D eigenvalue weighted by molar-refractivity contribution is 0.0651. The molecule has 0 bridgehead atoms. The molecule has 9 nitrogen and oxygen atoms in total. The van der Waals surface area contributed by atoms with Gasteiger partial charge in [-0.3, -0.25) is 9.59 Å². The minimum atomic E-state index is -1.37. The number of hydrogen-bond acceptors (Lipinski definition) is 6. The number of alkyl halides is 2. The predicted molar refractivity (Wildman–Crippen MR) is 131 cm³/mol. The van der Waals surface area contributed by atoms with Crippen LogP contribution < -0.4 is 20.5 Å². The van der Waals surface area contributed by atoms with Crippen molar-refractivity contribution in [3.05, 3.63) is 58.4 Å². The zero-order valence-corrected chi connectivity index (χ0v) is 20.5. The summed E-state index contributed by atoms with van der Waals surface area (Å²) in [6.45, 7) is 0.928. The number of carbonyl (C=O) groups is 2. The quantitative estimate of drug-likeness (QED) is 0.361. The van der Waals surface area contributed by atoms with Crippen molar-refractivity contribution in [1.29, 1.82) is 0 Å². The molecule has 1 fully saturated rings. The Morgan fingerprint density at radius 1 is 1.22 bits per heavy atom. The average Bonchev–Trinajstić information content (AvgIpc) is 2.82. The lowest BCUT2D eigenvalue weighted by atomic mass is 10.1. The van der Waals surface area contributed by atoms with Crippen LogP contribution in [-0.4, -0.2) is 67.1 Å². The molecule has 1 saturated heterocycles. The molecule has 2 heterocycles. The first-order valence-corrected chi connectivity index (χ1v) is 11.4. The van der Waals surface area contributed by atoms with Crippen molar-refractivity contribution in [3.63, 3.8) is 0 Å². The van der Waals surface area contributed by atoms with E-state index in [0.29, 0.717) is 24.4 Å². The summed E-state index contributed by atoms with van der Waals surface area (Å²) < 4.78 is 37.1. The van der Waals surface area contributed by atoms with E-state index >= 15 is 0 Å². The van der Waals surface area contributed by atoms with Crippen molar-refractivity contribution < 1.29 is 27.8 Å². The van der Waals surface area contributed by atoms with E-state index in [2.05, 4.69) is 15.3 Å². The van der Waals surface area contributed by atoms with E-state index < -0.39 is 25.4 Å². The molecule has 3 N–H and O–H groups in total. The topological polar surface area (TPSA) is 119 Å². The number of nitrogens with zero attached hydrogens (tertiary/aromatic N) is 3. The van der Waals surface area contributed by atoms with E-state index in [4.69, 9.17) is 26.8 Å². The number of pyridine rings is 1. The summed E-state index contributed by atoms with van der Waals surface area (Å²) in [4.78, 5) is 34.7. The Hall–Kier alpha value is -3.73. The van der Waals surface area contributed by atoms with Crippen molar-refractivity contribution in [2.45, 2.75) is 19.4 Å². The van der Waals surface area contributed by atoms with Crippen LogP contribution >= 0.6 is 11.6 Å². The van der Waals surface area contributed by atoms with E-state index in [1.165, 1.54) is 36.5 Å². The summed E-state index contributed by atoms with van der Waals surface area (Å²) in [6.07, 6.45) is 2.37. The number of hydrogen-bond donors (Lipinski definition) is 2. The third-order valence-corrected chi connectivity index (χ3v) is 5.45. The highest BCUT2D eigenvalue weighted by Gasteiger charge is 2.23. The Morgan fingerprint density at radius 3 is 2.50 bits per heavy atom. The average molecular weight is 522 g/mol. The molecule has 36 heavy (non-hydrogen) atoms. The first-order valence-electron chi connectivity index (χ1n) is 11.0. The number of rotatable bonds is 10. The Labute approximate surface area is 211 Å². The minimum absolute atomic E-state index is 0.0156. The number of benzene rings is 1. The van der Waals surface area contributed by atoms with E-state index in [1.807, 2.05) is 0 Å². The van der Waals surface area contributed by atoms with Gasteiger partial charge in [-0.1, -0.05) is 11.6 Å². The van der Waals surface area contributed by atoms with Gasteiger partial charge in [-0.25, -0.2) is 13.8 Å². The largest absolute Gasteiger partial charge is 0.485 e. The molecule has 0 saturated carbocycles. The number of nitrogens with one attached hydrogen (secondary N) is 1. The highest BCUT2D eigenvalue weighted by atomic mass is 35.5. The molecule has 12 heteroatoms. The molecular formula is C24H26ClF2N5O4. The van der Waals surface area contributed by atoms with Crippen molar-refractivity contribution in [1.82, 2.24) is 15.2 Å². The van der Waals surface area contributed by atoms with Gasteiger partial charge in [-0.15, -0.1) is 0 Å². The number of halogens is 3. The summed E-state index contributed by atoms with van der Waals surface area (Å²) in [5.74, 6) is -1.03. The molecule has 3 rings (SSSR count). The molecule has 0 radical (unpaired) electrons. The Bertz CT molecular complexity index is 1180. The van der Waals surface area contributed by atoms with Crippen LogP contribution in [0.15, 0.2) is 47.2 Å².